The number of amides is 1. The van der Waals surface area contributed by atoms with Crippen LogP contribution in [0.25, 0.3) is 11.1 Å². The molecular formula is C29H36ClF3N2O6. The van der Waals surface area contributed by atoms with Crippen LogP contribution in [0.15, 0.2) is 42.5 Å². The van der Waals surface area contributed by atoms with Gasteiger partial charge in [-0.05, 0) is 61.4 Å². The first kappa shape index (κ1) is 31.5. The highest BCUT2D eigenvalue weighted by atomic mass is 35.5. The second-order valence-corrected chi connectivity index (χ2v) is 11.1. The number of hydrogen-bond donors (Lipinski definition) is 3. The molecule has 4 rings (SSSR count). The Balaban J connectivity index is 1.70. The fourth-order valence-corrected chi connectivity index (χ4v) is 6.07. The molecule has 1 saturated carbocycles. The summed E-state index contributed by atoms with van der Waals surface area (Å²) in [6.45, 7) is 1.03. The third-order valence-electron chi connectivity index (χ3n) is 7.83. The van der Waals surface area contributed by atoms with Gasteiger partial charge in [0.25, 0.3) is 0 Å². The number of carbonyl (C=O) groups is 1. The number of halogens is 4. The molecule has 1 saturated heterocycles. The molecule has 0 unspecified atom stereocenters. The summed E-state index contributed by atoms with van der Waals surface area (Å²) in [5, 5.41) is 22.7. The lowest BCUT2D eigenvalue weighted by Crippen LogP contribution is -2.55. The molecule has 41 heavy (non-hydrogen) atoms. The molecule has 1 heterocycles. The van der Waals surface area contributed by atoms with Gasteiger partial charge in [-0.2, -0.15) is 0 Å². The van der Waals surface area contributed by atoms with Crippen LogP contribution in [0, 0.1) is 5.92 Å². The molecule has 0 radical (unpaired) electrons. The molecule has 1 aliphatic carbocycles. The van der Waals surface area contributed by atoms with Gasteiger partial charge in [0.15, 0.2) is 0 Å². The van der Waals surface area contributed by atoms with E-state index in [2.05, 4.69) is 4.74 Å². The van der Waals surface area contributed by atoms with Gasteiger partial charge in [0, 0.05) is 42.8 Å². The second kappa shape index (κ2) is 13.3. The minimum atomic E-state index is -4.88. The molecule has 2 fully saturated rings. The van der Waals surface area contributed by atoms with Gasteiger partial charge < -0.3 is 35.1 Å². The highest BCUT2D eigenvalue weighted by Gasteiger charge is 2.46. The Morgan fingerprint density at radius 3 is 2.63 bits per heavy atom. The quantitative estimate of drug-likeness (QED) is 0.350. The molecule has 5 atom stereocenters. The first-order chi connectivity index (χ1) is 19.4. The highest BCUT2D eigenvalue weighted by Crippen LogP contribution is 2.44. The Hall–Kier alpha value is -2.41. The van der Waals surface area contributed by atoms with E-state index in [1.807, 2.05) is 0 Å². The first-order valence-electron chi connectivity index (χ1n) is 13.6. The van der Waals surface area contributed by atoms with Crippen molar-refractivity contribution in [3.8, 4) is 16.9 Å². The summed E-state index contributed by atoms with van der Waals surface area (Å²) in [7, 11) is 1.58. The Kier molecular flexibility index (Phi) is 10.2. The fraction of sp³-hybridized carbons (Fsp3) is 0.552. The van der Waals surface area contributed by atoms with Crippen LogP contribution in [-0.4, -0.2) is 79.0 Å². The van der Waals surface area contributed by atoms with E-state index in [4.69, 9.17) is 26.8 Å². The summed E-state index contributed by atoms with van der Waals surface area (Å²) in [4.78, 5) is 15.0. The van der Waals surface area contributed by atoms with Crippen molar-refractivity contribution >= 4 is 17.5 Å². The smallest absolute Gasteiger partial charge is 0.406 e. The van der Waals surface area contributed by atoms with Gasteiger partial charge in [-0.25, -0.2) is 0 Å². The first-order valence-corrected chi connectivity index (χ1v) is 14.0. The van der Waals surface area contributed by atoms with Crippen LogP contribution in [0.4, 0.5) is 13.2 Å². The Morgan fingerprint density at radius 1 is 1.20 bits per heavy atom. The maximum Gasteiger partial charge on any atom is 0.573 e. The van der Waals surface area contributed by atoms with Crippen molar-refractivity contribution in [2.75, 3.05) is 33.4 Å². The monoisotopic (exact) mass is 600 g/mol. The van der Waals surface area contributed by atoms with E-state index in [1.54, 1.807) is 36.3 Å². The number of nitrogens with zero attached hydrogens (tertiary/aromatic N) is 1. The third kappa shape index (κ3) is 7.52. The lowest BCUT2D eigenvalue weighted by molar-refractivity contribution is -0.274. The number of unbranched alkanes of at least 4 members (excludes halogenated alkanes) is 1. The standard InChI is InChI=1S/C29H36ClF3N2O6/c1-39-12-3-2-10-28(38,25-17-35(11-13-40-25)27(37)19-15-23(34)24(36)16-19)21-8-5-9-22(30)26(21)18-6-4-7-20(14-18)41-29(31,32)33/h4-9,14,19,23-25,36,38H,2-3,10-13,15-17,34H2,1H3/t19-,23+,24-,25+,28+/m0/s1. The summed E-state index contributed by atoms with van der Waals surface area (Å²) >= 11 is 6.64. The molecule has 1 aliphatic heterocycles. The maximum atomic E-state index is 13.4. The summed E-state index contributed by atoms with van der Waals surface area (Å²) in [6, 6.07) is 9.86. The minimum Gasteiger partial charge on any atom is -0.406 e. The van der Waals surface area contributed by atoms with E-state index < -0.39 is 41.9 Å². The second-order valence-electron chi connectivity index (χ2n) is 10.7. The lowest BCUT2D eigenvalue weighted by Gasteiger charge is -2.44. The van der Waals surface area contributed by atoms with Crippen LogP contribution >= 0.6 is 11.6 Å². The number of methoxy groups -OCH3 is 1. The van der Waals surface area contributed by atoms with Gasteiger partial charge in [-0.1, -0.05) is 35.9 Å². The fourth-order valence-electron chi connectivity index (χ4n) is 5.78. The summed E-state index contributed by atoms with van der Waals surface area (Å²) in [5.74, 6) is -1.01. The minimum absolute atomic E-state index is 0.0740. The number of alkyl halides is 3. The molecule has 8 nitrogen and oxygen atoms in total. The van der Waals surface area contributed by atoms with Crippen LogP contribution in [0.3, 0.4) is 0 Å². The van der Waals surface area contributed by atoms with Crippen molar-refractivity contribution in [3.63, 3.8) is 0 Å². The van der Waals surface area contributed by atoms with E-state index in [9.17, 15) is 28.2 Å². The van der Waals surface area contributed by atoms with Gasteiger partial charge >= 0.3 is 6.36 Å². The summed E-state index contributed by atoms with van der Waals surface area (Å²) in [5.41, 5.74) is 5.30. The third-order valence-corrected chi connectivity index (χ3v) is 8.14. The van der Waals surface area contributed by atoms with E-state index in [0.717, 1.165) is 0 Å². The average Bonchev–Trinajstić information content (AvgIpc) is 3.27. The zero-order valence-electron chi connectivity index (χ0n) is 22.8. The molecule has 2 aromatic rings. The van der Waals surface area contributed by atoms with Crippen LogP contribution in [0.5, 0.6) is 5.75 Å². The highest BCUT2D eigenvalue weighted by molar-refractivity contribution is 6.33. The normalized spacial score (nSPS) is 24.7. The predicted octanol–water partition coefficient (Wildman–Crippen LogP) is 4.24. The Bertz CT molecular complexity index is 1190. The zero-order chi connectivity index (χ0) is 29.8. The summed E-state index contributed by atoms with van der Waals surface area (Å²) < 4.78 is 54.3. The molecule has 0 bridgehead atoms. The van der Waals surface area contributed by atoms with Crippen molar-refractivity contribution < 1.29 is 42.4 Å². The molecule has 226 valence electrons. The maximum absolute atomic E-state index is 13.4. The summed E-state index contributed by atoms with van der Waals surface area (Å²) in [6.07, 6.45) is -4.46. The Labute approximate surface area is 242 Å². The van der Waals surface area contributed by atoms with E-state index in [0.29, 0.717) is 49.1 Å². The van der Waals surface area contributed by atoms with Gasteiger partial charge in [-0.3, -0.25) is 4.79 Å². The van der Waals surface area contributed by atoms with Crippen molar-refractivity contribution in [3.05, 3.63) is 53.1 Å². The van der Waals surface area contributed by atoms with Gasteiger partial charge in [0.2, 0.25) is 5.91 Å². The average molecular weight is 601 g/mol. The molecule has 2 aliphatic rings. The molecule has 2 aromatic carbocycles. The molecule has 0 spiro atoms. The van der Waals surface area contributed by atoms with Crippen LogP contribution in [0.1, 0.15) is 37.7 Å². The van der Waals surface area contributed by atoms with E-state index in [-0.39, 0.29) is 36.9 Å². The molecule has 4 N–H and O–H groups in total. The van der Waals surface area contributed by atoms with Crippen molar-refractivity contribution in [1.82, 2.24) is 4.90 Å². The van der Waals surface area contributed by atoms with E-state index >= 15 is 0 Å². The lowest BCUT2D eigenvalue weighted by atomic mass is 9.79. The van der Waals surface area contributed by atoms with Gasteiger partial charge in [0.1, 0.15) is 17.5 Å². The number of nitrogens with two attached hydrogens (primary N) is 1. The zero-order valence-corrected chi connectivity index (χ0v) is 23.5. The molecule has 0 aromatic heterocycles. The number of rotatable bonds is 10. The number of aliphatic hydroxyl groups is 2. The largest absolute Gasteiger partial charge is 0.573 e. The van der Waals surface area contributed by atoms with E-state index in [1.165, 1.54) is 18.2 Å². The van der Waals surface area contributed by atoms with Crippen LogP contribution in [-0.2, 0) is 19.9 Å². The number of morpholine rings is 1. The predicted molar refractivity (Wildman–Crippen MR) is 146 cm³/mol. The SMILES string of the molecule is COCCCC[C@@](O)(c1cccc(Cl)c1-c1cccc(OC(F)(F)F)c1)[C@H]1CN(C(=O)[C@H]2C[C@@H](N)[C@@H](O)C2)CCO1. The van der Waals surface area contributed by atoms with Crippen molar-refractivity contribution in [2.45, 2.75) is 62.3 Å². The molecule has 1 amide bonds. The van der Waals surface area contributed by atoms with Crippen molar-refractivity contribution in [2.24, 2.45) is 11.7 Å². The van der Waals surface area contributed by atoms with Gasteiger partial charge in [0.05, 0.1) is 19.3 Å². The number of hydrogen-bond acceptors (Lipinski definition) is 7. The van der Waals surface area contributed by atoms with Gasteiger partial charge in [-0.15, -0.1) is 13.2 Å². The topological polar surface area (TPSA) is 114 Å². The molecular weight excluding hydrogens is 565 g/mol. The van der Waals surface area contributed by atoms with Crippen molar-refractivity contribution in [1.29, 1.82) is 0 Å². The number of ether oxygens (including phenoxy) is 3. The number of carbonyl (C=O) groups excluding carboxylic acids is 1. The van der Waals surface area contributed by atoms with Crippen LogP contribution in [0.2, 0.25) is 5.02 Å². The van der Waals surface area contributed by atoms with Crippen LogP contribution < -0.4 is 10.5 Å². The number of benzene rings is 2. The Morgan fingerprint density at radius 2 is 1.95 bits per heavy atom. The number of aliphatic hydroxyl groups excluding tert-OH is 1. The molecule has 12 heteroatoms.